The molecule has 0 spiro atoms. The van der Waals surface area contributed by atoms with Gasteiger partial charge in [-0.2, -0.15) is 10.2 Å². The number of nitrogens with zero attached hydrogens (tertiary/aromatic N) is 3. The highest BCUT2D eigenvalue weighted by Crippen LogP contribution is 2.34. The van der Waals surface area contributed by atoms with E-state index in [1.54, 1.807) is 0 Å². The number of hydrogen-bond donors (Lipinski definition) is 4. The average molecular weight is 505 g/mol. The molecular weight excluding hydrogens is 467 g/mol. The Hall–Kier alpha value is -2.69. The SMILES string of the molecule is CC1=NN=C(c2ccc(CNC(=O)CO/N=C/[C@H](F)[C@@H](O)[C@H](O)CCO)cc2)C2CCCCCCC12. The van der Waals surface area contributed by atoms with Crippen molar-refractivity contribution in [1.82, 2.24) is 5.32 Å². The van der Waals surface area contributed by atoms with Crippen LogP contribution in [0, 0.1) is 11.8 Å². The minimum absolute atomic E-state index is 0.164. The lowest BCUT2D eigenvalue weighted by atomic mass is 9.74. The molecule has 2 aliphatic rings. The van der Waals surface area contributed by atoms with Crippen LogP contribution in [-0.2, 0) is 16.2 Å². The van der Waals surface area contributed by atoms with Gasteiger partial charge in [-0.1, -0.05) is 55.1 Å². The van der Waals surface area contributed by atoms with E-state index in [0.29, 0.717) is 24.6 Å². The minimum atomic E-state index is -1.99. The topological polar surface area (TPSA) is 136 Å². The molecule has 1 aromatic rings. The molecule has 5 atom stereocenters. The summed E-state index contributed by atoms with van der Waals surface area (Å²) >= 11 is 0. The summed E-state index contributed by atoms with van der Waals surface area (Å²) in [5, 5.41) is 42.8. The van der Waals surface area contributed by atoms with Crippen LogP contribution in [0.25, 0.3) is 0 Å². The molecular formula is C26H37FN4O5. The summed E-state index contributed by atoms with van der Waals surface area (Å²) in [6, 6.07) is 7.94. The molecule has 36 heavy (non-hydrogen) atoms. The van der Waals surface area contributed by atoms with Crippen LogP contribution in [0.5, 0.6) is 0 Å². The van der Waals surface area contributed by atoms with Gasteiger partial charge in [-0.05, 0) is 37.3 Å². The molecule has 0 saturated heterocycles. The lowest BCUT2D eigenvalue weighted by molar-refractivity contribution is -0.125. The summed E-state index contributed by atoms with van der Waals surface area (Å²) in [5.74, 6) is 0.418. The Balaban J connectivity index is 1.46. The minimum Gasteiger partial charge on any atom is -0.396 e. The maximum absolute atomic E-state index is 13.7. The third-order valence-electron chi connectivity index (χ3n) is 6.83. The molecule has 2 unspecified atom stereocenters. The fourth-order valence-corrected chi connectivity index (χ4v) is 4.71. The standard InChI is InChI=1S/C26H37FN4O5/c1-17-20-6-4-2-3-5-7-21(20)25(31-30-17)19-10-8-18(9-11-19)14-28-24(34)16-36-29-15-22(27)26(35)23(33)12-13-32/h8-11,15,20-23,26,32-33,35H,2-7,12-14,16H2,1H3,(H,28,34)/b29-15+/t20?,21?,22-,23+,26+/m0/s1. The largest absolute Gasteiger partial charge is 0.396 e. The van der Waals surface area contributed by atoms with Gasteiger partial charge < -0.3 is 25.5 Å². The van der Waals surface area contributed by atoms with Gasteiger partial charge in [0.25, 0.3) is 5.91 Å². The number of hydrogen-bond acceptors (Lipinski definition) is 8. The first-order valence-corrected chi connectivity index (χ1v) is 12.6. The number of rotatable bonds is 11. The Morgan fingerprint density at radius 1 is 1.17 bits per heavy atom. The van der Waals surface area contributed by atoms with Crippen molar-refractivity contribution < 1.29 is 29.3 Å². The second-order valence-electron chi connectivity index (χ2n) is 9.45. The molecule has 1 fully saturated rings. The zero-order valence-electron chi connectivity index (χ0n) is 20.7. The highest BCUT2D eigenvalue weighted by molar-refractivity contribution is 6.06. The van der Waals surface area contributed by atoms with Crippen LogP contribution in [0.2, 0.25) is 0 Å². The number of alkyl halides is 1. The van der Waals surface area contributed by atoms with Gasteiger partial charge in [0, 0.05) is 30.7 Å². The van der Waals surface area contributed by atoms with Crippen LogP contribution >= 0.6 is 0 Å². The first-order chi connectivity index (χ1) is 17.4. The van der Waals surface area contributed by atoms with Crippen LogP contribution in [0.4, 0.5) is 4.39 Å². The number of carbonyl (C=O) groups is 1. The molecule has 198 valence electrons. The van der Waals surface area contributed by atoms with Crippen molar-refractivity contribution in [3.63, 3.8) is 0 Å². The third kappa shape index (κ3) is 7.91. The molecule has 1 amide bonds. The molecule has 1 aromatic carbocycles. The summed E-state index contributed by atoms with van der Waals surface area (Å²) in [7, 11) is 0. The number of carbonyl (C=O) groups excluding carboxylic acids is 1. The molecule has 3 rings (SSSR count). The quantitative estimate of drug-likeness (QED) is 0.271. The van der Waals surface area contributed by atoms with Gasteiger partial charge in [0.1, 0.15) is 6.10 Å². The number of aliphatic hydroxyl groups is 3. The van der Waals surface area contributed by atoms with Crippen LogP contribution < -0.4 is 5.32 Å². The van der Waals surface area contributed by atoms with Crippen LogP contribution in [-0.4, -0.2) is 70.5 Å². The number of fused-ring (bicyclic) bond motifs is 1. The lowest BCUT2D eigenvalue weighted by Crippen LogP contribution is -2.36. The van der Waals surface area contributed by atoms with Gasteiger partial charge in [-0.3, -0.25) is 4.79 Å². The zero-order chi connectivity index (χ0) is 25.9. The Kier molecular flexibility index (Phi) is 11.0. The van der Waals surface area contributed by atoms with Crippen molar-refractivity contribution in [3.05, 3.63) is 35.4 Å². The lowest BCUT2D eigenvalue weighted by Gasteiger charge is -2.32. The molecule has 0 aromatic heterocycles. The first kappa shape index (κ1) is 27.9. The fourth-order valence-electron chi connectivity index (χ4n) is 4.71. The van der Waals surface area contributed by atoms with Crippen molar-refractivity contribution in [1.29, 1.82) is 0 Å². The molecule has 10 heteroatoms. The third-order valence-corrected chi connectivity index (χ3v) is 6.83. The summed E-state index contributed by atoms with van der Waals surface area (Å²) in [6.07, 6.45) is 2.63. The smallest absolute Gasteiger partial charge is 0.261 e. The van der Waals surface area contributed by atoms with E-state index in [-0.39, 0.29) is 13.0 Å². The summed E-state index contributed by atoms with van der Waals surface area (Å²) in [4.78, 5) is 16.8. The van der Waals surface area contributed by atoms with E-state index in [0.717, 1.165) is 35.4 Å². The maximum Gasteiger partial charge on any atom is 0.261 e. The van der Waals surface area contributed by atoms with Crippen molar-refractivity contribution in [2.45, 2.75) is 76.8 Å². The van der Waals surface area contributed by atoms with Crippen molar-refractivity contribution in [2.24, 2.45) is 27.2 Å². The Labute approximate surface area is 211 Å². The highest BCUT2D eigenvalue weighted by Gasteiger charge is 2.32. The van der Waals surface area contributed by atoms with E-state index in [2.05, 4.69) is 27.6 Å². The second kappa shape index (κ2) is 14.2. The molecule has 1 saturated carbocycles. The molecule has 1 aliphatic heterocycles. The number of oxime groups is 1. The Morgan fingerprint density at radius 2 is 1.86 bits per heavy atom. The van der Waals surface area contributed by atoms with E-state index in [4.69, 9.17) is 9.94 Å². The number of benzene rings is 1. The number of amides is 1. The molecule has 0 bridgehead atoms. The number of aliphatic hydroxyl groups excluding tert-OH is 3. The molecule has 1 heterocycles. The van der Waals surface area contributed by atoms with E-state index < -0.39 is 30.9 Å². The van der Waals surface area contributed by atoms with E-state index in [9.17, 15) is 19.4 Å². The Bertz CT molecular complexity index is 937. The van der Waals surface area contributed by atoms with Gasteiger partial charge in [0.2, 0.25) is 0 Å². The molecule has 0 radical (unpaired) electrons. The average Bonchev–Trinajstić information content (AvgIpc) is 2.86. The predicted octanol–water partition coefficient (Wildman–Crippen LogP) is 2.51. The maximum atomic E-state index is 13.7. The summed E-state index contributed by atoms with van der Waals surface area (Å²) in [5.41, 5.74) is 4.15. The monoisotopic (exact) mass is 504 g/mol. The molecule has 1 aliphatic carbocycles. The van der Waals surface area contributed by atoms with Gasteiger partial charge in [0.05, 0.1) is 18.0 Å². The van der Waals surface area contributed by atoms with Crippen LogP contribution in [0.15, 0.2) is 39.6 Å². The fraction of sp³-hybridized carbons (Fsp3) is 0.615. The van der Waals surface area contributed by atoms with E-state index in [1.807, 2.05) is 24.3 Å². The zero-order valence-corrected chi connectivity index (χ0v) is 20.7. The van der Waals surface area contributed by atoms with Crippen LogP contribution in [0.3, 0.4) is 0 Å². The highest BCUT2D eigenvalue weighted by atomic mass is 19.1. The van der Waals surface area contributed by atoms with E-state index >= 15 is 0 Å². The number of halogens is 1. The first-order valence-electron chi connectivity index (χ1n) is 12.6. The molecule has 4 N–H and O–H groups in total. The predicted molar refractivity (Wildman–Crippen MR) is 136 cm³/mol. The van der Waals surface area contributed by atoms with Crippen molar-refractivity contribution >= 4 is 23.5 Å². The van der Waals surface area contributed by atoms with Crippen molar-refractivity contribution in [3.8, 4) is 0 Å². The molecule has 9 nitrogen and oxygen atoms in total. The normalized spacial score (nSPS) is 22.9. The van der Waals surface area contributed by atoms with Gasteiger partial charge in [0.15, 0.2) is 12.8 Å². The Morgan fingerprint density at radius 3 is 2.56 bits per heavy atom. The van der Waals surface area contributed by atoms with E-state index in [1.165, 1.54) is 25.7 Å². The van der Waals surface area contributed by atoms with Crippen molar-refractivity contribution in [2.75, 3.05) is 13.2 Å². The summed E-state index contributed by atoms with van der Waals surface area (Å²) in [6.45, 7) is 1.57. The summed E-state index contributed by atoms with van der Waals surface area (Å²) < 4.78 is 13.7. The van der Waals surface area contributed by atoms with Crippen LogP contribution in [0.1, 0.15) is 63.0 Å². The number of nitrogens with one attached hydrogen (secondary N) is 1. The van der Waals surface area contributed by atoms with Gasteiger partial charge in [-0.25, -0.2) is 4.39 Å². The second-order valence-corrected chi connectivity index (χ2v) is 9.45. The van der Waals surface area contributed by atoms with Gasteiger partial charge in [-0.15, -0.1) is 0 Å². The van der Waals surface area contributed by atoms with Gasteiger partial charge >= 0.3 is 0 Å².